The molecule has 2 unspecified atom stereocenters. The zero-order valence-electron chi connectivity index (χ0n) is 17.5. The molecule has 28 heavy (non-hydrogen) atoms. The molecule has 4 rings (SSSR count). The summed E-state index contributed by atoms with van der Waals surface area (Å²) in [5.74, 6) is 1.17. The van der Waals surface area contributed by atoms with Crippen LogP contribution in [0.25, 0.3) is 0 Å². The van der Waals surface area contributed by atoms with Crippen LogP contribution in [-0.2, 0) is 12.0 Å². The summed E-state index contributed by atoms with van der Waals surface area (Å²) in [6.07, 6.45) is 5.98. The molecule has 1 saturated heterocycles. The molecule has 0 spiro atoms. The Morgan fingerprint density at radius 3 is 2.75 bits per heavy atom. The Morgan fingerprint density at radius 2 is 2.00 bits per heavy atom. The van der Waals surface area contributed by atoms with Gasteiger partial charge in [-0.3, -0.25) is 4.90 Å². The van der Waals surface area contributed by atoms with Crippen LogP contribution in [0.2, 0.25) is 0 Å². The quantitative estimate of drug-likeness (QED) is 0.748. The van der Waals surface area contributed by atoms with Crippen LogP contribution in [0.4, 0.5) is 4.79 Å². The molecule has 5 heteroatoms. The van der Waals surface area contributed by atoms with E-state index in [-0.39, 0.29) is 17.5 Å². The van der Waals surface area contributed by atoms with Gasteiger partial charge in [-0.2, -0.15) is 0 Å². The van der Waals surface area contributed by atoms with Crippen LogP contribution in [0.5, 0.6) is 0 Å². The molecule has 154 valence electrons. The summed E-state index contributed by atoms with van der Waals surface area (Å²) < 4.78 is 0. The van der Waals surface area contributed by atoms with Gasteiger partial charge in [-0.05, 0) is 68.3 Å². The molecule has 2 heterocycles. The summed E-state index contributed by atoms with van der Waals surface area (Å²) in [5.41, 5.74) is 3.21. The smallest absolute Gasteiger partial charge is 0.314 e. The first-order chi connectivity index (χ1) is 13.7. The van der Waals surface area contributed by atoms with Gasteiger partial charge < -0.3 is 16.0 Å². The summed E-state index contributed by atoms with van der Waals surface area (Å²) in [6, 6.07) is 9.39. The number of hydrogen-bond acceptors (Lipinski definition) is 3. The minimum absolute atomic E-state index is 0.0335. The zero-order valence-corrected chi connectivity index (χ0v) is 17.5. The first kappa shape index (κ1) is 19.7. The Bertz CT molecular complexity index is 687. The number of nitrogens with one attached hydrogen (secondary N) is 3. The zero-order chi connectivity index (χ0) is 19.6. The molecular weight excluding hydrogens is 348 g/mol. The van der Waals surface area contributed by atoms with E-state index in [9.17, 15) is 4.79 Å². The van der Waals surface area contributed by atoms with Gasteiger partial charge in [0.15, 0.2) is 0 Å². The third-order valence-corrected chi connectivity index (χ3v) is 7.63. The van der Waals surface area contributed by atoms with Crippen molar-refractivity contribution in [2.75, 3.05) is 33.2 Å². The van der Waals surface area contributed by atoms with Gasteiger partial charge in [-0.15, -0.1) is 0 Å². The van der Waals surface area contributed by atoms with E-state index in [2.05, 4.69) is 52.0 Å². The number of rotatable bonds is 4. The van der Waals surface area contributed by atoms with Gasteiger partial charge in [0, 0.05) is 31.6 Å². The highest BCUT2D eigenvalue weighted by atomic mass is 16.2. The number of nitrogens with zero attached hydrogens (tertiary/aromatic N) is 1. The Morgan fingerprint density at radius 1 is 1.21 bits per heavy atom. The van der Waals surface area contributed by atoms with Crippen molar-refractivity contribution in [2.24, 2.45) is 11.8 Å². The van der Waals surface area contributed by atoms with Gasteiger partial charge in [-0.25, -0.2) is 4.79 Å². The summed E-state index contributed by atoms with van der Waals surface area (Å²) in [6.45, 7) is 7.78. The number of fused-ring (bicyclic) bond motifs is 1. The van der Waals surface area contributed by atoms with Gasteiger partial charge in [0.05, 0.1) is 0 Å². The van der Waals surface area contributed by atoms with Gasteiger partial charge in [0.2, 0.25) is 0 Å². The SMILES string of the molecule is CCN1Cc2ccccc2C(C2CCNCC2)([C@H]2CCCC2NC(=O)NC)C1. The van der Waals surface area contributed by atoms with Crippen LogP contribution < -0.4 is 16.0 Å². The normalized spacial score (nSPS) is 31.4. The molecule has 0 radical (unpaired) electrons. The fraction of sp³-hybridized carbons (Fsp3) is 0.696. The molecule has 0 aromatic heterocycles. The van der Waals surface area contributed by atoms with Crippen molar-refractivity contribution in [1.82, 2.24) is 20.9 Å². The van der Waals surface area contributed by atoms with Gasteiger partial charge in [0.25, 0.3) is 0 Å². The van der Waals surface area contributed by atoms with Crippen molar-refractivity contribution in [1.29, 1.82) is 0 Å². The lowest BCUT2D eigenvalue weighted by Gasteiger charge is -2.54. The molecular formula is C23H36N4O. The lowest BCUT2D eigenvalue weighted by Crippen LogP contribution is -2.60. The summed E-state index contributed by atoms with van der Waals surface area (Å²) >= 11 is 0. The average Bonchev–Trinajstić information content (AvgIpc) is 3.21. The van der Waals surface area contributed by atoms with E-state index in [4.69, 9.17) is 0 Å². The maximum absolute atomic E-state index is 12.2. The minimum atomic E-state index is -0.0335. The highest BCUT2D eigenvalue weighted by Crippen LogP contribution is 2.53. The maximum atomic E-state index is 12.2. The van der Waals surface area contributed by atoms with E-state index in [0.29, 0.717) is 11.8 Å². The van der Waals surface area contributed by atoms with Crippen molar-refractivity contribution >= 4 is 6.03 Å². The number of amides is 2. The van der Waals surface area contributed by atoms with Crippen molar-refractivity contribution in [2.45, 2.75) is 57.0 Å². The number of carbonyl (C=O) groups is 1. The third-order valence-electron chi connectivity index (χ3n) is 7.63. The lowest BCUT2D eigenvalue weighted by molar-refractivity contribution is 0.0534. The van der Waals surface area contributed by atoms with Gasteiger partial charge >= 0.3 is 6.03 Å². The number of piperidine rings is 1. The molecule has 1 aromatic carbocycles. The first-order valence-corrected chi connectivity index (χ1v) is 11.2. The highest BCUT2D eigenvalue weighted by molar-refractivity contribution is 5.73. The fourth-order valence-corrected chi connectivity index (χ4v) is 6.38. The Hall–Kier alpha value is -1.59. The Labute approximate surface area is 169 Å². The fourth-order valence-electron chi connectivity index (χ4n) is 6.38. The van der Waals surface area contributed by atoms with Gasteiger partial charge in [-0.1, -0.05) is 37.6 Å². The van der Waals surface area contributed by atoms with E-state index < -0.39 is 0 Å². The standard InChI is InChI=1S/C23H36N4O/c1-3-27-15-17-7-4-5-8-19(17)23(16-27,18-11-13-25-14-12-18)20-9-6-10-21(20)26-22(28)24-2/h4-5,7-8,18,20-21,25H,3,6,9-16H2,1-2H3,(H2,24,26,28)/t20-,21?,23?/m0/s1. The third kappa shape index (κ3) is 3.43. The second-order valence-corrected chi connectivity index (χ2v) is 8.89. The van der Waals surface area contributed by atoms with Crippen LogP contribution in [0.15, 0.2) is 24.3 Å². The predicted octanol–water partition coefficient (Wildman–Crippen LogP) is 2.86. The number of benzene rings is 1. The van der Waals surface area contributed by atoms with Crippen LogP contribution in [0, 0.1) is 11.8 Å². The van der Waals surface area contributed by atoms with E-state index in [1.54, 1.807) is 12.6 Å². The lowest BCUT2D eigenvalue weighted by atomic mass is 9.56. The largest absolute Gasteiger partial charge is 0.341 e. The molecule has 3 N–H and O–H groups in total. The number of carbonyl (C=O) groups excluding carboxylic acids is 1. The van der Waals surface area contributed by atoms with E-state index in [0.717, 1.165) is 39.1 Å². The summed E-state index contributed by atoms with van der Waals surface area (Å²) in [5, 5.41) is 9.67. The Kier molecular flexibility index (Phi) is 5.93. The van der Waals surface area contributed by atoms with E-state index in [1.807, 2.05) is 0 Å². The minimum Gasteiger partial charge on any atom is -0.341 e. The second-order valence-electron chi connectivity index (χ2n) is 8.89. The molecule has 3 atom stereocenters. The number of urea groups is 1. The van der Waals surface area contributed by atoms with Crippen molar-refractivity contribution < 1.29 is 4.79 Å². The molecule has 3 aliphatic rings. The number of likely N-dealkylation sites (N-methyl/N-ethyl adjacent to an activating group) is 1. The van der Waals surface area contributed by atoms with Crippen LogP contribution in [-0.4, -0.2) is 50.2 Å². The molecule has 5 nitrogen and oxygen atoms in total. The number of hydrogen-bond donors (Lipinski definition) is 3. The first-order valence-electron chi connectivity index (χ1n) is 11.2. The van der Waals surface area contributed by atoms with Gasteiger partial charge in [0.1, 0.15) is 0 Å². The second kappa shape index (κ2) is 8.42. The van der Waals surface area contributed by atoms with Crippen LogP contribution >= 0.6 is 0 Å². The molecule has 1 aromatic rings. The summed E-state index contributed by atoms with van der Waals surface area (Å²) in [4.78, 5) is 14.8. The molecule has 2 amide bonds. The van der Waals surface area contributed by atoms with Crippen molar-refractivity contribution in [3.63, 3.8) is 0 Å². The monoisotopic (exact) mass is 384 g/mol. The average molecular weight is 385 g/mol. The molecule has 1 aliphatic carbocycles. The van der Waals surface area contributed by atoms with E-state index >= 15 is 0 Å². The van der Waals surface area contributed by atoms with Crippen molar-refractivity contribution in [3.8, 4) is 0 Å². The summed E-state index contributed by atoms with van der Waals surface area (Å²) in [7, 11) is 1.72. The molecule has 2 aliphatic heterocycles. The van der Waals surface area contributed by atoms with E-state index in [1.165, 1.54) is 31.2 Å². The highest BCUT2D eigenvalue weighted by Gasteiger charge is 2.53. The maximum Gasteiger partial charge on any atom is 0.314 e. The Balaban J connectivity index is 1.80. The van der Waals surface area contributed by atoms with Crippen LogP contribution in [0.1, 0.15) is 50.2 Å². The van der Waals surface area contributed by atoms with Crippen molar-refractivity contribution in [3.05, 3.63) is 35.4 Å². The molecule has 1 saturated carbocycles. The topological polar surface area (TPSA) is 56.4 Å². The van der Waals surface area contributed by atoms with Crippen LogP contribution in [0.3, 0.4) is 0 Å². The molecule has 2 fully saturated rings. The molecule has 0 bridgehead atoms. The predicted molar refractivity (Wildman–Crippen MR) is 113 cm³/mol.